The van der Waals surface area contributed by atoms with Gasteiger partial charge in [-0.15, -0.1) is 0 Å². The summed E-state index contributed by atoms with van der Waals surface area (Å²) in [5, 5.41) is 0. The van der Waals surface area contributed by atoms with Crippen LogP contribution in [-0.2, 0) is 11.3 Å². The highest BCUT2D eigenvalue weighted by Crippen LogP contribution is 2.29. The number of carbonyl (C=O) groups is 2. The van der Waals surface area contributed by atoms with E-state index in [-0.39, 0.29) is 30.2 Å². The lowest BCUT2D eigenvalue weighted by Gasteiger charge is -2.36. The maximum Gasteiger partial charge on any atom is 0.256 e. The fraction of sp³-hybridized carbons (Fsp3) is 0.478. The molecule has 2 heterocycles. The van der Waals surface area contributed by atoms with Gasteiger partial charge in [0.25, 0.3) is 5.91 Å². The fourth-order valence-corrected chi connectivity index (χ4v) is 3.87. The van der Waals surface area contributed by atoms with Crippen molar-refractivity contribution in [3.63, 3.8) is 0 Å². The minimum atomic E-state index is -0.271. The lowest BCUT2D eigenvalue weighted by Crippen LogP contribution is -2.44. The lowest BCUT2D eigenvalue weighted by atomic mass is 10.0. The Morgan fingerprint density at radius 1 is 1.16 bits per heavy atom. The van der Waals surface area contributed by atoms with Crippen molar-refractivity contribution in [3.8, 4) is 0 Å². The Hall–Kier alpha value is -2.87. The fourth-order valence-electron chi connectivity index (χ4n) is 3.87. The molecule has 166 valence electrons. The number of benzene rings is 1. The number of amides is 2. The van der Waals surface area contributed by atoms with Gasteiger partial charge in [-0.1, -0.05) is 12.1 Å². The van der Waals surface area contributed by atoms with Gasteiger partial charge in [0, 0.05) is 33.4 Å². The van der Waals surface area contributed by atoms with E-state index in [0.29, 0.717) is 30.2 Å². The van der Waals surface area contributed by atoms with Crippen LogP contribution in [0.15, 0.2) is 30.5 Å². The van der Waals surface area contributed by atoms with Crippen LogP contribution < -0.4 is 0 Å². The van der Waals surface area contributed by atoms with Gasteiger partial charge in [-0.2, -0.15) is 0 Å². The summed E-state index contributed by atoms with van der Waals surface area (Å²) in [6, 6.07) is 6.12. The molecule has 0 N–H and O–H groups in total. The van der Waals surface area contributed by atoms with Crippen molar-refractivity contribution in [2.24, 2.45) is 0 Å². The first-order valence-electron chi connectivity index (χ1n) is 10.5. The minimum absolute atomic E-state index is 0.0176. The highest BCUT2D eigenvalue weighted by molar-refractivity contribution is 5.94. The number of piperidine rings is 1. The Morgan fingerprint density at radius 3 is 2.52 bits per heavy atom. The van der Waals surface area contributed by atoms with Crippen LogP contribution in [-0.4, -0.2) is 70.7 Å². The normalized spacial score (nSPS) is 16.5. The molecule has 3 rings (SSSR count). The molecule has 2 amide bonds. The lowest BCUT2D eigenvalue weighted by molar-refractivity contribution is -0.136. The molecule has 2 aromatic rings. The van der Waals surface area contributed by atoms with Crippen LogP contribution >= 0.6 is 0 Å². The van der Waals surface area contributed by atoms with Crippen molar-refractivity contribution in [2.75, 3.05) is 34.2 Å². The van der Waals surface area contributed by atoms with E-state index >= 15 is 0 Å². The number of carbonyl (C=O) groups excluding carboxylic acids is 2. The van der Waals surface area contributed by atoms with E-state index in [9.17, 15) is 14.0 Å². The van der Waals surface area contributed by atoms with Crippen molar-refractivity contribution >= 4 is 11.8 Å². The summed E-state index contributed by atoms with van der Waals surface area (Å²) in [6.07, 6.45) is 4.31. The molecule has 1 aromatic heterocycles. The molecule has 0 unspecified atom stereocenters. The van der Waals surface area contributed by atoms with E-state index in [1.807, 2.05) is 16.8 Å². The van der Waals surface area contributed by atoms with Gasteiger partial charge in [0.05, 0.1) is 23.8 Å². The number of hydrogen-bond acceptors (Lipinski definition) is 5. The number of hydrogen-bond donors (Lipinski definition) is 0. The van der Waals surface area contributed by atoms with Gasteiger partial charge < -0.3 is 9.80 Å². The van der Waals surface area contributed by atoms with Gasteiger partial charge in [0.1, 0.15) is 5.82 Å². The summed E-state index contributed by atoms with van der Waals surface area (Å²) >= 11 is 0. The molecule has 1 saturated heterocycles. The molecule has 0 spiro atoms. The van der Waals surface area contributed by atoms with E-state index < -0.39 is 0 Å². The summed E-state index contributed by atoms with van der Waals surface area (Å²) in [4.78, 5) is 39.7. The maximum absolute atomic E-state index is 13.1. The quantitative estimate of drug-likeness (QED) is 0.709. The average molecular weight is 428 g/mol. The standard InChI is InChI=1S/C23H30FN5O2/c1-16-19(23(31)27(2)3)13-25-22(26-16)20-7-5-6-12-29(20)21(30)15-28(4)14-17-8-10-18(24)11-9-17/h8-11,13,20H,5-7,12,14-15H2,1-4H3/t20-/m1/s1. The summed E-state index contributed by atoms with van der Waals surface area (Å²) in [5.74, 6) is 0.196. The molecule has 1 aliphatic rings. The van der Waals surface area contributed by atoms with E-state index in [4.69, 9.17) is 0 Å². The van der Waals surface area contributed by atoms with Gasteiger partial charge >= 0.3 is 0 Å². The smallest absolute Gasteiger partial charge is 0.256 e. The molecule has 1 fully saturated rings. The second kappa shape index (κ2) is 9.96. The number of nitrogens with zero attached hydrogens (tertiary/aromatic N) is 5. The average Bonchev–Trinajstić information content (AvgIpc) is 2.74. The summed E-state index contributed by atoms with van der Waals surface area (Å²) in [5.41, 5.74) is 2.04. The van der Waals surface area contributed by atoms with Crippen LogP contribution in [0.4, 0.5) is 4.39 Å². The first-order chi connectivity index (χ1) is 14.8. The first kappa shape index (κ1) is 22.8. The Bertz CT molecular complexity index is 932. The molecule has 0 radical (unpaired) electrons. The highest BCUT2D eigenvalue weighted by Gasteiger charge is 2.31. The van der Waals surface area contributed by atoms with Crippen LogP contribution in [0.5, 0.6) is 0 Å². The predicted molar refractivity (Wildman–Crippen MR) is 116 cm³/mol. The zero-order valence-electron chi connectivity index (χ0n) is 18.6. The van der Waals surface area contributed by atoms with Crippen molar-refractivity contribution < 1.29 is 14.0 Å². The molecule has 1 aliphatic heterocycles. The third-order valence-corrected chi connectivity index (χ3v) is 5.53. The first-order valence-corrected chi connectivity index (χ1v) is 10.5. The minimum Gasteiger partial charge on any atom is -0.345 e. The molecule has 0 bridgehead atoms. The zero-order chi connectivity index (χ0) is 22.5. The SMILES string of the molecule is Cc1nc([C@H]2CCCCN2C(=O)CN(C)Cc2ccc(F)cc2)ncc1C(=O)N(C)C. The van der Waals surface area contributed by atoms with E-state index in [1.54, 1.807) is 39.3 Å². The van der Waals surface area contributed by atoms with Crippen molar-refractivity contribution in [1.29, 1.82) is 0 Å². The highest BCUT2D eigenvalue weighted by atomic mass is 19.1. The predicted octanol–water partition coefficient (Wildman–Crippen LogP) is 2.81. The van der Waals surface area contributed by atoms with Gasteiger partial charge in [0.2, 0.25) is 5.91 Å². The zero-order valence-corrected chi connectivity index (χ0v) is 18.6. The Balaban J connectivity index is 1.71. The molecule has 0 saturated carbocycles. The van der Waals surface area contributed by atoms with Crippen LogP contribution in [0.2, 0.25) is 0 Å². The molecule has 8 heteroatoms. The molecule has 31 heavy (non-hydrogen) atoms. The second-order valence-corrected chi connectivity index (χ2v) is 8.32. The number of halogens is 1. The van der Waals surface area contributed by atoms with Gasteiger partial charge in [-0.25, -0.2) is 14.4 Å². The molecular formula is C23H30FN5O2. The summed E-state index contributed by atoms with van der Waals surface area (Å²) < 4.78 is 13.1. The topological polar surface area (TPSA) is 69.6 Å². The van der Waals surface area contributed by atoms with Crippen molar-refractivity contribution in [3.05, 3.63) is 58.9 Å². The number of likely N-dealkylation sites (N-methyl/N-ethyl adjacent to an activating group) is 1. The van der Waals surface area contributed by atoms with E-state index in [0.717, 1.165) is 24.8 Å². The number of likely N-dealkylation sites (tertiary alicyclic amines) is 1. The maximum atomic E-state index is 13.1. The number of rotatable bonds is 6. The molecular weight excluding hydrogens is 397 g/mol. The summed E-state index contributed by atoms with van der Waals surface area (Å²) in [7, 11) is 5.27. The van der Waals surface area contributed by atoms with Crippen molar-refractivity contribution in [2.45, 2.75) is 38.8 Å². The van der Waals surface area contributed by atoms with E-state index in [1.165, 1.54) is 17.0 Å². The Morgan fingerprint density at radius 2 is 1.87 bits per heavy atom. The number of aryl methyl sites for hydroxylation is 1. The largest absolute Gasteiger partial charge is 0.345 e. The van der Waals surface area contributed by atoms with Crippen LogP contribution in [0.1, 0.15) is 52.7 Å². The van der Waals surface area contributed by atoms with Crippen LogP contribution in [0.3, 0.4) is 0 Å². The van der Waals surface area contributed by atoms with Gasteiger partial charge in [-0.05, 0) is 50.9 Å². The van der Waals surface area contributed by atoms with Crippen molar-refractivity contribution in [1.82, 2.24) is 24.7 Å². The molecule has 0 aliphatic carbocycles. The monoisotopic (exact) mass is 427 g/mol. The molecule has 1 atom stereocenters. The van der Waals surface area contributed by atoms with E-state index in [2.05, 4.69) is 9.97 Å². The molecule has 1 aromatic carbocycles. The number of aromatic nitrogens is 2. The molecule has 7 nitrogen and oxygen atoms in total. The Kier molecular flexibility index (Phi) is 7.33. The summed E-state index contributed by atoms with van der Waals surface area (Å²) in [6.45, 7) is 3.27. The van der Waals surface area contributed by atoms with Gasteiger partial charge in [0.15, 0.2) is 5.82 Å². The van der Waals surface area contributed by atoms with Crippen LogP contribution in [0.25, 0.3) is 0 Å². The van der Waals surface area contributed by atoms with Crippen LogP contribution in [0, 0.1) is 12.7 Å². The third-order valence-electron chi connectivity index (χ3n) is 5.53. The Labute approximate surface area is 182 Å². The third kappa shape index (κ3) is 5.64. The second-order valence-electron chi connectivity index (χ2n) is 8.32. The van der Waals surface area contributed by atoms with Gasteiger partial charge in [-0.3, -0.25) is 14.5 Å².